The summed E-state index contributed by atoms with van der Waals surface area (Å²) in [7, 11) is 0. The summed E-state index contributed by atoms with van der Waals surface area (Å²) in [6, 6.07) is 10.5. The number of nitrogens with zero attached hydrogens (tertiary/aromatic N) is 6. The first-order valence-corrected chi connectivity index (χ1v) is 11.2. The van der Waals surface area contributed by atoms with E-state index in [2.05, 4.69) is 38.9 Å². The molecule has 164 valence electrons. The van der Waals surface area contributed by atoms with E-state index in [4.69, 9.17) is 14.4 Å². The van der Waals surface area contributed by atoms with E-state index in [1.165, 1.54) is 0 Å². The van der Waals surface area contributed by atoms with E-state index in [9.17, 15) is 0 Å². The number of benzene rings is 1. The molecular weight excluding hydrogens is 402 g/mol. The Hall–Kier alpha value is -3.10. The number of hydrogen-bond donors (Lipinski definition) is 1. The van der Waals surface area contributed by atoms with Crippen LogP contribution in [0.2, 0.25) is 0 Å². The van der Waals surface area contributed by atoms with Crippen LogP contribution >= 0.6 is 0 Å². The summed E-state index contributed by atoms with van der Waals surface area (Å²) in [6.45, 7) is 11.6. The SMILES string of the molecule is Cc1nc2cc(-c3ccc4ncc(N5CC(N6CCNC(C)(C)C6)C5)nc4n3)ccc2o1. The summed E-state index contributed by atoms with van der Waals surface area (Å²) in [5, 5.41) is 3.59. The molecule has 3 aromatic heterocycles. The van der Waals surface area contributed by atoms with Crippen molar-refractivity contribution in [3.63, 3.8) is 0 Å². The molecule has 0 radical (unpaired) electrons. The van der Waals surface area contributed by atoms with E-state index in [-0.39, 0.29) is 5.54 Å². The zero-order valence-electron chi connectivity index (χ0n) is 18.7. The fraction of sp³-hybridized carbons (Fsp3) is 0.417. The largest absolute Gasteiger partial charge is 0.441 e. The second-order valence-electron chi connectivity index (χ2n) is 9.52. The van der Waals surface area contributed by atoms with E-state index in [0.29, 0.717) is 17.6 Å². The molecule has 0 bridgehead atoms. The van der Waals surface area contributed by atoms with Crippen molar-refractivity contribution < 1.29 is 4.42 Å². The van der Waals surface area contributed by atoms with Crippen LogP contribution in [-0.2, 0) is 0 Å². The number of oxazole rings is 1. The van der Waals surface area contributed by atoms with E-state index >= 15 is 0 Å². The minimum absolute atomic E-state index is 0.176. The number of aromatic nitrogens is 4. The number of hydrogen-bond acceptors (Lipinski definition) is 8. The van der Waals surface area contributed by atoms with Gasteiger partial charge in [0.15, 0.2) is 17.1 Å². The molecule has 1 aromatic carbocycles. The molecule has 0 saturated carbocycles. The predicted octanol–water partition coefficient (Wildman–Crippen LogP) is 3.01. The Morgan fingerprint density at radius 3 is 2.78 bits per heavy atom. The molecule has 0 unspecified atom stereocenters. The maximum atomic E-state index is 5.59. The van der Waals surface area contributed by atoms with Crippen molar-refractivity contribution in [3.8, 4) is 11.3 Å². The summed E-state index contributed by atoms with van der Waals surface area (Å²) < 4.78 is 5.59. The van der Waals surface area contributed by atoms with Crippen molar-refractivity contribution in [3.05, 3.63) is 42.4 Å². The molecule has 8 heteroatoms. The zero-order chi connectivity index (χ0) is 21.9. The Morgan fingerprint density at radius 1 is 1.06 bits per heavy atom. The van der Waals surface area contributed by atoms with Gasteiger partial charge in [0, 0.05) is 56.8 Å². The van der Waals surface area contributed by atoms with Gasteiger partial charge in [0.05, 0.1) is 11.9 Å². The van der Waals surface area contributed by atoms with Gasteiger partial charge < -0.3 is 14.6 Å². The molecule has 0 amide bonds. The zero-order valence-corrected chi connectivity index (χ0v) is 18.7. The second kappa shape index (κ2) is 7.21. The van der Waals surface area contributed by atoms with Crippen molar-refractivity contribution in [1.82, 2.24) is 30.2 Å². The third kappa shape index (κ3) is 3.49. The van der Waals surface area contributed by atoms with E-state index in [0.717, 1.165) is 66.4 Å². The van der Waals surface area contributed by atoms with Gasteiger partial charge in [-0.1, -0.05) is 0 Å². The van der Waals surface area contributed by atoms with Gasteiger partial charge >= 0.3 is 0 Å². The smallest absolute Gasteiger partial charge is 0.192 e. The summed E-state index contributed by atoms with van der Waals surface area (Å²) in [4.78, 5) is 23.6. The first-order valence-electron chi connectivity index (χ1n) is 11.2. The van der Waals surface area contributed by atoms with Gasteiger partial charge in [0.2, 0.25) is 0 Å². The van der Waals surface area contributed by atoms with Crippen LogP contribution in [0, 0.1) is 6.92 Å². The Labute approximate surface area is 186 Å². The van der Waals surface area contributed by atoms with Crippen molar-refractivity contribution >= 4 is 28.1 Å². The summed E-state index contributed by atoms with van der Waals surface area (Å²) in [5.74, 6) is 1.56. The molecule has 2 aliphatic rings. The fourth-order valence-electron chi connectivity index (χ4n) is 4.77. The molecule has 0 spiro atoms. The predicted molar refractivity (Wildman–Crippen MR) is 125 cm³/mol. The Bertz CT molecular complexity index is 1310. The van der Waals surface area contributed by atoms with Crippen LogP contribution in [0.25, 0.3) is 33.5 Å². The lowest BCUT2D eigenvalue weighted by atomic mass is 9.98. The average molecular weight is 430 g/mol. The minimum atomic E-state index is 0.176. The molecule has 5 heterocycles. The highest BCUT2D eigenvalue weighted by Gasteiger charge is 2.37. The number of anilines is 1. The van der Waals surface area contributed by atoms with Crippen molar-refractivity contribution in [2.24, 2.45) is 0 Å². The van der Waals surface area contributed by atoms with Crippen molar-refractivity contribution in [2.45, 2.75) is 32.4 Å². The average Bonchev–Trinajstić information content (AvgIpc) is 3.10. The molecule has 4 aromatic rings. The van der Waals surface area contributed by atoms with Crippen LogP contribution in [0.4, 0.5) is 5.82 Å². The summed E-state index contributed by atoms with van der Waals surface area (Å²) in [5.41, 5.74) is 5.12. The van der Waals surface area contributed by atoms with Gasteiger partial charge in [-0.15, -0.1) is 0 Å². The molecule has 2 aliphatic heterocycles. The lowest BCUT2D eigenvalue weighted by molar-refractivity contribution is 0.0928. The number of fused-ring (bicyclic) bond motifs is 2. The van der Waals surface area contributed by atoms with Crippen LogP contribution in [0.3, 0.4) is 0 Å². The molecular formula is C24H27N7O. The van der Waals surface area contributed by atoms with E-state index in [1.54, 1.807) is 0 Å². The molecule has 6 rings (SSSR count). The van der Waals surface area contributed by atoms with Gasteiger partial charge in [-0.3, -0.25) is 4.90 Å². The number of aryl methyl sites for hydroxylation is 1. The highest BCUT2D eigenvalue weighted by Crippen LogP contribution is 2.27. The molecule has 32 heavy (non-hydrogen) atoms. The van der Waals surface area contributed by atoms with Gasteiger partial charge in [-0.2, -0.15) is 0 Å². The molecule has 0 atom stereocenters. The molecule has 1 N–H and O–H groups in total. The van der Waals surface area contributed by atoms with Gasteiger partial charge in [-0.05, 0) is 44.2 Å². The maximum Gasteiger partial charge on any atom is 0.192 e. The fourth-order valence-corrected chi connectivity index (χ4v) is 4.77. The van der Waals surface area contributed by atoms with Gasteiger partial charge in [-0.25, -0.2) is 19.9 Å². The Kier molecular flexibility index (Phi) is 4.41. The lowest BCUT2D eigenvalue weighted by Crippen LogP contribution is -2.67. The van der Waals surface area contributed by atoms with Crippen molar-refractivity contribution in [2.75, 3.05) is 37.6 Å². The highest BCUT2D eigenvalue weighted by molar-refractivity contribution is 5.82. The third-order valence-electron chi connectivity index (χ3n) is 6.49. The second-order valence-corrected chi connectivity index (χ2v) is 9.52. The summed E-state index contributed by atoms with van der Waals surface area (Å²) >= 11 is 0. The van der Waals surface area contributed by atoms with Crippen LogP contribution < -0.4 is 10.2 Å². The quantitative estimate of drug-likeness (QED) is 0.532. The normalized spacial score (nSPS) is 19.5. The maximum absolute atomic E-state index is 5.59. The molecule has 2 fully saturated rings. The number of nitrogens with one attached hydrogen (secondary N) is 1. The topological polar surface area (TPSA) is 83.2 Å². The van der Waals surface area contributed by atoms with Crippen LogP contribution in [-0.4, -0.2) is 69.1 Å². The van der Waals surface area contributed by atoms with Crippen LogP contribution in [0.5, 0.6) is 0 Å². The first-order chi connectivity index (χ1) is 15.4. The highest BCUT2D eigenvalue weighted by atomic mass is 16.3. The van der Waals surface area contributed by atoms with Gasteiger partial charge in [0.1, 0.15) is 16.9 Å². The van der Waals surface area contributed by atoms with Gasteiger partial charge in [0.25, 0.3) is 0 Å². The minimum Gasteiger partial charge on any atom is -0.441 e. The van der Waals surface area contributed by atoms with E-state index < -0.39 is 0 Å². The lowest BCUT2D eigenvalue weighted by Gasteiger charge is -2.50. The standard InChI is InChI=1S/C24H27N7O/c1-15-27-20-10-16(4-7-21(20)32-15)18-5-6-19-23(28-18)29-22(11-25-19)31-12-17(13-31)30-9-8-26-24(2,3)14-30/h4-7,10-11,17,26H,8-9,12-14H2,1-3H3. The Balaban J connectivity index is 1.23. The van der Waals surface area contributed by atoms with Crippen LogP contribution in [0.15, 0.2) is 40.9 Å². The summed E-state index contributed by atoms with van der Waals surface area (Å²) in [6.07, 6.45) is 1.87. The number of piperazine rings is 1. The van der Waals surface area contributed by atoms with Crippen molar-refractivity contribution in [1.29, 1.82) is 0 Å². The third-order valence-corrected chi connectivity index (χ3v) is 6.49. The molecule has 0 aliphatic carbocycles. The number of rotatable bonds is 3. The first kappa shape index (κ1) is 19.6. The van der Waals surface area contributed by atoms with E-state index in [1.807, 2.05) is 43.5 Å². The molecule has 2 saturated heterocycles. The molecule has 8 nitrogen and oxygen atoms in total. The Morgan fingerprint density at radius 2 is 1.94 bits per heavy atom. The number of pyridine rings is 1. The monoisotopic (exact) mass is 429 g/mol. The van der Waals surface area contributed by atoms with Crippen LogP contribution in [0.1, 0.15) is 19.7 Å².